The fourth-order valence-electron chi connectivity index (χ4n) is 2.46. The van der Waals surface area contributed by atoms with Gasteiger partial charge < -0.3 is 14.6 Å². The van der Waals surface area contributed by atoms with E-state index in [0.717, 1.165) is 24.0 Å². The van der Waals surface area contributed by atoms with E-state index in [9.17, 15) is 0 Å². The van der Waals surface area contributed by atoms with Crippen molar-refractivity contribution in [3.05, 3.63) is 41.6 Å². The molecule has 0 atom stereocenters. The van der Waals surface area contributed by atoms with Gasteiger partial charge in [-0.2, -0.15) is 5.10 Å². The van der Waals surface area contributed by atoms with E-state index in [2.05, 4.69) is 40.4 Å². The maximum atomic E-state index is 5.33. The first-order chi connectivity index (χ1) is 10.5. The predicted molar refractivity (Wildman–Crippen MR) is 103 cm³/mol. The zero-order chi connectivity index (χ0) is 16.1. The van der Waals surface area contributed by atoms with Crippen molar-refractivity contribution in [2.75, 3.05) is 14.1 Å². The molecule has 23 heavy (non-hydrogen) atoms. The molecule has 1 N–H and O–H groups in total. The number of halogens is 1. The van der Waals surface area contributed by atoms with Gasteiger partial charge in [0.1, 0.15) is 5.76 Å². The summed E-state index contributed by atoms with van der Waals surface area (Å²) in [5.41, 5.74) is 2.36. The first kappa shape index (κ1) is 19.5. The van der Waals surface area contributed by atoms with Gasteiger partial charge in [-0.15, -0.1) is 24.0 Å². The highest BCUT2D eigenvalue weighted by Crippen LogP contribution is 2.18. The molecule has 0 spiro atoms. The van der Waals surface area contributed by atoms with Crippen molar-refractivity contribution in [3.63, 3.8) is 0 Å². The van der Waals surface area contributed by atoms with E-state index in [0.29, 0.717) is 12.5 Å². The van der Waals surface area contributed by atoms with E-state index in [1.165, 1.54) is 5.56 Å². The number of aryl methyl sites for hydroxylation is 1. The lowest BCUT2D eigenvalue weighted by Crippen LogP contribution is -2.38. The molecule has 2 rings (SSSR count). The number of aliphatic imine (C=N–C) groups is 1. The summed E-state index contributed by atoms with van der Waals surface area (Å²) in [7, 11) is 5.77. The molecule has 0 aliphatic carbocycles. The molecule has 0 bridgehead atoms. The monoisotopic (exact) mass is 431 g/mol. The zero-order valence-corrected chi connectivity index (χ0v) is 16.7. The summed E-state index contributed by atoms with van der Waals surface area (Å²) < 4.78 is 7.20. The van der Waals surface area contributed by atoms with E-state index < -0.39 is 0 Å². The summed E-state index contributed by atoms with van der Waals surface area (Å²) in [6.07, 6.45) is 3.75. The first-order valence-electron chi connectivity index (χ1n) is 7.47. The number of guanidine groups is 1. The van der Waals surface area contributed by atoms with Crippen molar-refractivity contribution < 1.29 is 4.42 Å². The normalized spacial score (nSPS) is 11.5. The standard InChI is InChI=1S/C16H25N5O.HI/c1-12(2)15-13(11-21(5)19-15)10-20(4)16(17-3)18-9-14-7-6-8-22-14;/h6-8,11-12H,9-10H2,1-5H3,(H,17,18);1H. The molecular formula is C16H26IN5O. The van der Waals surface area contributed by atoms with E-state index in [1.807, 2.05) is 30.9 Å². The zero-order valence-electron chi connectivity index (χ0n) is 14.4. The van der Waals surface area contributed by atoms with Crippen LogP contribution in [0.15, 0.2) is 34.0 Å². The van der Waals surface area contributed by atoms with Gasteiger partial charge in [0.2, 0.25) is 0 Å². The van der Waals surface area contributed by atoms with Crippen LogP contribution in [0, 0.1) is 0 Å². The third kappa shape index (κ3) is 5.26. The fourth-order valence-corrected chi connectivity index (χ4v) is 2.46. The van der Waals surface area contributed by atoms with Crippen LogP contribution in [-0.2, 0) is 20.1 Å². The molecule has 0 aromatic carbocycles. The molecule has 0 aliphatic rings. The highest BCUT2D eigenvalue weighted by molar-refractivity contribution is 14.0. The van der Waals surface area contributed by atoms with Crippen LogP contribution in [0.5, 0.6) is 0 Å². The number of aromatic nitrogens is 2. The van der Waals surface area contributed by atoms with E-state index in [-0.39, 0.29) is 24.0 Å². The highest BCUT2D eigenvalue weighted by atomic mass is 127. The van der Waals surface area contributed by atoms with Crippen molar-refractivity contribution in [1.29, 1.82) is 0 Å². The van der Waals surface area contributed by atoms with Crippen molar-refractivity contribution in [1.82, 2.24) is 20.0 Å². The summed E-state index contributed by atoms with van der Waals surface area (Å²) >= 11 is 0. The van der Waals surface area contributed by atoms with Crippen LogP contribution in [0.4, 0.5) is 0 Å². The Kier molecular flexibility index (Phi) is 7.60. The molecule has 2 aromatic rings. The quantitative estimate of drug-likeness (QED) is 0.450. The Balaban J connectivity index is 0.00000264. The van der Waals surface area contributed by atoms with Crippen LogP contribution in [0.1, 0.15) is 36.8 Å². The Labute approximate surface area is 155 Å². The van der Waals surface area contributed by atoms with Gasteiger partial charge in [-0.3, -0.25) is 9.67 Å². The van der Waals surface area contributed by atoms with E-state index in [1.54, 1.807) is 13.3 Å². The second kappa shape index (κ2) is 8.95. The maximum Gasteiger partial charge on any atom is 0.194 e. The van der Waals surface area contributed by atoms with Crippen LogP contribution >= 0.6 is 24.0 Å². The van der Waals surface area contributed by atoms with Crippen molar-refractivity contribution in [2.45, 2.75) is 32.9 Å². The summed E-state index contributed by atoms with van der Waals surface area (Å²) in [5, 5.41) is 7.85. The second-order valence-electron chi connectivity index (χ2n) is 5.70. The summed E-state index contributed by atoms with van der Waals surface area (Å²) in [5.74, 6) is 2.12. The lowest BCUT2D eigenvalue weighted by molar-refractivity contribution is 0.457. The number of furan rings is 1. The average Bonchev–Trinajstić information content (AvgIpc) is 3.09. The molecule has 7 heteroatoms. The van der Waals surface area contributed by atoms with E-state index in [4.69, 9.17) is 4.42 Å². The van der Waals surface area contributed by atoms with Gasteiger partial charge >= 0.3 is 0 Å². The topological polar surface area (TPSA) is 58.6 Å². The van der Waals surface area contributed by atoms with Crippen LogP contribution in [0.2, 0.25) is 0 Å². The molecule has 0 saturated heterocycles. The third-order valence-corrected chi connectivity index (χ3v) is 3.47. The molecule has 0 amide bonds. The maximum absolute atomic E-state index is 5.33. The minimum atomic E-state index is 0. The SMILES string of the molecule is CN=C(NCc1ccco1)N(C)Cc1cn(C)nc1C(C)C.I. The number of hydrogen-bond acceptors (Lipinski definition) is 3. The largest absolute Gasteiger partial charge is 0.467 e. The van der Waals surface area contributed by atoms with Crippen molar-refractivity contribution in [2.24, 2.45) is 12.0 Å². The lowest BCUT2D eigenvalue weighted by Gasteiger charge is -2.22. The van der Waals surface area contributed by atoms with Crippen LogP contribution in [0.3, 0.4) is 0 Å². The molecular weight excluding hydrogens is 405 g/mol. The van der Waals surface area contributed by atoms with E-state index >= 15 is 0 Å². The summed E-state index contributed by atoms with van der Waals surface area (Å²) in [6.45, 7) is 5.71. The Morgan fingerprint density at radius 1 is 1.48 bits per heavy atom. The molecule has 2 aromatic heterocycles. The van der Waals surface area contributed by atoms with Crippen LogP contribution < -0.4 is 5.32 Å². The van der Waals surface area contributed by atoms with Gasteiger partial charge in [-0.05, 0) is 18.1 Å². The lowest BCUT2D eigenvalue weighted by atomic mass is 10.1. The van der Waals surface area contributed by atoms with Gasteiger partial charge in [0.15, 0.2) is 5.96 Å². The molecule has 0 unspecified atom stereocenters. The Hall–Kier alpha value is -1.51. The smallest absolute Gasteiger partial charge is 0.194 e. The summed E-state index contributed by atoms with van der Waals surface area (Å²) in [6, 6.07) is 3.83. The molecule has 128 valence electrons. The minimum absolute atomic E-state index is 0. The second-order valence-corrected chi connectivity index (χ2v) is 5.70. The number of rotatable bonds is 5. The van der Waals surface area contributed by atoms with Gasteiger partial charge in [0.25, 0.3) is 0 Å². The Morgan fingerprint density at radius 3 is 2.78 bits per heavy atom. The molecule has 0 fully saturated rings. The minimum Gasteiger partial charge on any atom is -0.467 e. The van der Waals surface area contributed by atoms with Gasteiger partial charge in [0, 0.05) is 39.4 Å². The van der Waals surface area contributed by atoms with Crippen LogP contribution in [-0.4, -0.2) is 34.7 Å². The fraction of sp³-hybridized carbons (Fsp3) is 0.500. The van der Waals surface area contributed by atoms with Gasteiger partial charge in [0.05, 0.1) is 18.5 Å². The molecule has 6 nitrogen and oxygen atoms in total. The van der Waals surface area contributed by atoms with Crippen LogP contribution in [0.25, 0.3) is 0 Å². The highest BCUT2D eigenvalue weighted by Gasteiger charge is 2.15. The first-order valence-corrected chi connectivity index (χ1v) is 7.47. The van der Waals surface area contributed by atoms with Crippen molar-refractivity contribution in [3.8, 4) is 0 Å². The Bertz CT molecular complexity index is 618. The molecule has 0 saturated carbocycles. The number of hydrogen-bond donors (Lipinski definition) is 1. The van der Waals surface area contributed by atoms with Gasteiger partial charge in [-0.25, -0.2) is 0 Å². The number of nitrogens with one attached hydrogen (secondary N) is 1. The predicted octanol–water partition coefficient (Wildman–Crippen LogP) is 2.96. The number of nitrogens with zero attached hydrogens (tertiary/aromatic N) is 4. The van der Waals surface area contributed by atoms with Crippen molar-refractivity contribution >= 4 is 29.9 Å². The average molecular weight is 431 g/mol. The summed E-state index contributed by atoms with van der Waals surface area (Å²) in [4.78, 5) is 6.42. The molecule has 2 heterocycles. The van der Waals surface area contributed by atoms with Gasteiger partial charge in [-0.1, -0.05) is 13.8 Å². The third-order valence-electron chi connectivity index (χ3n) is 3.47. The Morgan fingerprint density at radius 2 is 2.22 bits per heavy atom. The molecule has 0 radical (unpaired) electrons. The molecule has 0 aliphatic heterocycles.